The Balaban J connectivity index is 3.00. The van der Waals surface area contributed by atoms with Crippen LogP contribution in [0.4, 0.5) is 5.69 Å². The van der Waals surface area contributed by atoms with E-state index < -0.39 is 11.0 Å². The van der Waals surface area contributed by atoms with Crippen molar-refractivity contribution in [1.29, 1.82) is 0 Å². The van der Waals surface area contributed by atoms with Gasteiger partial charge in [-0.15, -0.1) is 0 Å². The number of hydrogen-bond donors (Lipinski definition) is 2. The first kappa shape index (κ1) is 10.5. The maximum absolute atomic E-state index is 10.4. The summed E-state index contributed by atoms with van der Waals surface area (Å²) in [5.74, 6) is -0.357. The molecule has 0 fully saturated rings. The zero-order valence-corrected chi connectivity index (χ0v) is 7.67. The van der Waals surface area contributed by atoms with Gasteiger partial charge in [-0.3, -0.25) is 10.1 Å². The van der Waals surface area contributed by atoms with E-state index >= 15 is 0 Å². The standard InChI is InChI=1S/C9H11NO4/c1-6(11)4-7-2-3-9(12)8(5-7)10(13)14/h2-3,5-6,11-12H,4H2,1H3/t6-/m0/s1. The largest absolute Gasteiger partial charge is 0.502 e. The molecule has 76 valence electrons. The van der Waals surface area contributed by atoms with E-state index in [9.17, 15) is 10.1 Å². The number of aromatic hydroxyl groups is 1. The second-order valence-corrected chi connectivity index (χ2v) is 3.13. The predicted octanol–water partition coefficient (Wildman–Crippen LogP) is 1.22. The fourth-order valence-corrected chi connectivity index (χ4v) is 1.18. The smallest absolute Gasteiger partial charge is 0.310 e. The number of rotatable bonds is 3. The molecule has 0 aromatic heterocycles. The average molecular weight is 197 g/mol. The van der Waals surface area contributed by atoms with Crippen molar-refractivity contribution in [2.24, 2.45) is 0 Å². The summed E-state index contributed by atoms with van der Waals surface area (Å²) >= 11 is 0. The Morgan fingerprint density at radius 1 is 1.57 bits per heavy atom. The minimum Gasteiger partial charge on any atom is -0.502 e. The summed E-state index contributed by atoms with van der Waals surface area (Å²) in [6.07, 6.45) is -0.222. The molecular weight excluding hydrogens is 186 g/mol. The van der Waals surface area contributed by atoms with Crippen LogP contribution in [0.1, 0.15) is 12.5 Å². The lowest BCUT2D eigenvalue weighted by Gasteiger charge is -2.04. The Hall–Kier alpha value is -1.62. The molecule has 0 radical (unpaired) electrons. The van der Waals surface area contributed by atoms with Crippen LogP contribution in [0.3, 0.4) is 0 Å². The van der Waals surface area contributed by atoms with Gasteiger partial charge in [0.15, 0.2) is 5.75 Å². The molecule has 0 spiro atoms. The molecule has 0 aliphatic carbocycles. The van der Waals surface area contributed by atoms with Gasteiger partial charge in [0.2, 0.25) is 0 Å². The Kier molecular flexibility index (Phi) is 3.03. The topological polar surface area (TPSA) is 83.6 Å². The van der Waals surface area contributed by atoms with Gasteiger partial charge in [0.25, 0.3) is 0 Å². The predicted molar refractivity (Wildman–Crippen MR) is 50.1 cm³/mol. The summed E-state index contributed by atoms with van der Waals surface area (Å²) < 4.78 is 0. The van der Waals surface area contributed by atoms with Crippen LogP contribution in [-0.4, -0.2) is 21.2 Å². The van der Waals surface area contributed by atoms with Gasteiger partial charge in [-0.2, -0.15) is 0 Å². The van der Waals surface area contributed by atoms with Crippen LogP contribution in [0.2, 0.25) is 0 Å². The highest BCUT2D eigenvalue weighted by molar-refractivity contribution is 5.47. The van der Waals surface area contributed by atoms with Crippen LogP contribution in [0, 0.1) is 10.1 Å². The zero-order valence-electron chi connectivity index (χ0n) is 7.67. The molecule has 2 N–H and O–H groups in total. The normalized spacial score (nSPS) is 12.4. The monoisotopic (exact) mass is 197 g/mol. The highest BCUT2D eigenvalue weighted by atomic mass is 16.6. The SMILES string of the molecule is C[C@H](O)Cc1ccc(O)c([N+](=O)[O-])c1. The number of nitro groups is 1. The van der Waals surface area contributed by atoms with E-state index in [1.807, 2.05) is 0 Å². The van der Waals surface area contributed by atoms with Gasteiger partial charge in [0.1, 0.15) is 0 Å². The van der Waals surface area contributed by atoms with Crippen LogP contribution in [0.15, 0.2) is 18.2 Å². The summed E-state index contributed by atoms with van der Waals surface area (Å²) in [6.45, 7) is 1.60. The summed E-state index contributed by atoms with van der Waals surface area (Å²) in [5.41, 5.74) is 0.299. The first-order chi connectivity index (χ1) is 6.50. The molecule has 1 rings (SSSR count). The highest BCUT2D eigenvalue weighted by Crippen LogP contribution is 2.26. The summed E-state index contributed by atoms with van der Waals surface area (Å²) in [6, 6.07) is 4.08. The molecule has 1 atom stereocenters. The van der Waals surface area contributed by atoms with Crippen molar-refractivity contribution in [3.05, 3.63) is 33.9 Å². The van der Waals surface area contributed by atoms with E-state index in [0.717, 1.165) is 0 Å². The number of aliphatic hydroxyl groups excluding tert-OH is 1. The van der Waals surface area contributed by atoms with Crippen molar-refractivity contribution in [2.45, 2.75) is 19.4 Å². The average Bonchev–Trinajstić information content (AvgIpc) is 2.07. The van der Waals surface area contributed by atoms with Gasteiger partial charge in [0.05, 0.1) is 11.0 Å². The van der Waals surface area contributed by atoms with Gasteiger partial charge in [-0.25, -0.2) is 0 Å². The summed E-state index contributed by atoms with van der Waals surface area (Å²) in [5, 5.41) is 28.7. The third kappa shape index (κ3) is 2.43. The van der Waals surface area contributed by atoms with Gasteiger partial charge in [-0.05, 0) is 25.0 Å². The Bertz CT molecular complexity index is 349. The maximum Gasteiger partial charge on any atom is 0.310 e. The van der Waals surface area contributed by atoms with E-state index in [-0.39, 0.29) is 11.4 Å². The number of phenolic OH excluding ortho intramolecular Hbond substituents is 1. The van der Waals surface area contributed by atoms with Crippen molar-refractivity contribution in [3.63, 3.8) is 0 Å². The summed E-state index contributed by atoms with van der Waals surface area (Å²) in [7, 11) is 0. The molecule has 0 aliphatic heterocycles. The molecular formula is C9H11NO4. The maximum atomic E-state index is 10.4. The second kappa shape index (κ2) is 4.06. The number of phenols is 1. The lowest BCUT2D eigenvalue weighted by Crippen LogP contribution is -2.04. The minimum absolute atomic E-state index is 0.330. The Morgan fingerprint density at radius 3 is 2.71 bits per heavy atom. The lowest BCUT2D eigenvalue weighted by molar-refractivity contribution is -0.385. The van der Waals surface area contributed by atoms with Crippen molar-refractivity contribution < 1.29 is 15.1 Å². The van der Waals surface area contributed by atoms with E-state index in [1.165, 1.54) is 12.1 Å². The van der Waals surface area contributed by atoms with Crippen molar-refractivity contribution >= 4 is 5.69 Å². The second-order valence-electron chi connectivity index (χ2n) is 3.13. The van der Waals surface area contributed by atoms with Crippen LogP contribution in [0.5, 0.6) is 5.75 Å². The van der Waals surface area contributed by atoms with Gasteiger partial charge in [-0.1, -0.05) is 6.07 Å². The van der Waals surface area contributed by atoms with Crippen molar-refractivity contribution in [2.75, 3.05) is 0 Å². The Morgan fingerprint density at radius 2 is 2.21 bits per heavy atom. The third-order valence-corrected chi connectivity index (χ3v) is 1.77. The molecule has 0 amide bonds. The first-order valence-corrected chi connectivity index (χ1v) is 4.15. The lowest BCUT2D eigenvalue weighted by atomic mass is 10.1. The highest BCUT2D eigenvalue weighted by Gasteiger charge is 2.13. The molecule has 0 saturated heterocycles. The molecule has 5 nitrogen and oxygen atoms in total. The van der Waals surface area contributed by atoms with Crippen molar-refractivity contribution in [1.82, 2.24) is 0 Å². The molecule has 0 heterocycles. The minimum atomic E-state index is -0.652. The molecule has 14 heavy (non-hydrogen) atoms. The van der Waals surface area contributed by atoms with Gasteiger partial charge < -0.3 is 10.2 Å². The number of aliphatic hydroxyl groups is 1. The van der Waals surface area contributed by atoms with Crippen LogP contribution in [0.25, 0.3) is 0 Å². The fourth-order valence-electron chi connectivity index (χ4n) is 1.18. The van der Waals surface area contributed by atoms with Crippen LogP contribution in [-0.2, 0) is 6.42 Å². The molecule has 0 aliphatic rings. The number of benzene rings is 1. The third-order valence-electron chi connectivity index (χ3n) is 1.77. The fraction of sp³-hybridized carbons (Fsp3) is 0.333. The first-order valence-electron chi connectivity index (χ1n) is 4.15. The van der Waals surface area contributed by atoms with Crippen LogP contribution < -0.4 is 0 Å². The summed E-state index contributed by atoms with van der Waals surface area (Å²) in [4.78, 5) is 9.79. The number of hydrogen-bond acceptors (Lipinski definition) is 4. The van der Waals surface area contributed by atoms with E-state index in [0.29, 0.717) is 12.0 Å². The van der Waals surface area contributed by atoms with Crippen LogP contribution >= 0.6 is 0 Å². The zero-order chi connectivity index (χ0) is 10.7. The quantitative estimate of drug-likeness (QED) is 0.563. The number of nitro benzene ring substituents is 1. The van der Waals surface area contributed by atoms with E-state index in [2.05, 4.69) is 0 Å². The molecule has 0 bridgehead atoms. The van der Waals surface area contributed by atoms with Gasteiger partial charge in [0, 0.05) is 6.07 Å². The van der Waals surface area contributed by atoms with E-state index in [1.54, 1.807) is 13.0 Å². The number of nitrogens with zero attached hydrogens (tertiary/aromatic N) is 1. The molecule has 1 aromatic carbocycles. The molecule has 0 saturated carbocycles. The van der Waals surface area contributed by atoms with Crippen molar-refractivity contribution in [3.8, 4) is 5.75 Å². The molecule has 0 unspecified atom stereocenters. The van der Waals surface area contributed by atoms with Gasteiger partial charge >= 0.3 is 5.69 Å². The Labute approximate surface area is 80.8 Å². The molecule has 5 heteroatoms. The van der Waals surface area contributed by atoms with E-state index in [4.69, 9.17) is 10.2 Å². The molecule has 1 aromatic rings.